The SMILES string of the molecule is CCNC(=NCCS(=O)C(C)(C)C)N1CCN(CC(=O)NC(C)C)CC1.I. The highest BCUT2D eigenvalue weighted by atomic mass is 127. The van der Waals surface area contributed by atoms with Crippen molar-refractivity contribution in [3.8, 4) is 0 Å². The molecule has 7 nitrogen and oxygen atoms in total. The summed E-state index contributed by atoms with van der Waals surface area (Å²) in [5.74, 6) is 1.54. The monoisotopic (exact) mass is 515 g/mol. The number of carbonyl (C=O) groups excluding carboxylic acids is 1. The van der Waals surface area contributed by atoms with Crippen molar-refractivity contribution >= 4 is 46.6 Å². The van der Waals surface area contributed by atoms with Gasteiger partial charge in [0.2, 0.25) is 5.91 Å². The van der Waals surface area contributed by atoms with Crippen LogP contribution in [0.2, 0.25) is 0 Å². The van der Waals surface area contributed by atoms with E-state index in [1.54, 1.807) is 0 Å². The van der Waals surface area contributed by atoms with Crippen LogP contribution in [-0.4, -0.2) is 88.2 Å². The van der Waals surface area contributed by atoms with Gasteiger partial charge in [0.15, 0.2) is 5.96 Å². The molecule has 0 saturated carbocycles. The second kappa shape index (κ2) is 12.9. The first-order valence-electron chi connectivity index (χ1n) is 9.57. The normalized spacial score (nSPS) is 17.4. The highest BCUT2D eigenvalue weighted by Crippen LogP contribution is 2.11. The number of nitrogens with one attached hydrogen (secondary N) is 2. The molecule has 0 radical (unpaired) electrons. The van der Waals surface area contributed by atoms with Crippen molar-refractivity contribution in [1.29, 1.82) is 0 Å². The molecule has 0 aliphatic carbocycles. The van der Waals surface area contributed by atoms with Gasteiger partial charge in [-0.1, -0.05) is 0 Å². The van der Waals surface area contributed by atoms with Crippen molar-refractivity contribution in [2.24, 2.45) is 4.99 Å². The largest absolute Gasteiger partial charge is 0.357 e. The van der Waals surface area contributed by atoms with Crippen LogP contribution in [0.3, 0.4) is 0 Å². The summed E-state index contributed by atoms with van der Waals surface area (Å²) in [6, 6.07) is 0.176. The predicted octanol–water partition coefficient (Wildman–Crippen LogP) is 1.26. The Hall–Kier alpha value is -0.420. The molecule has 2 N–H and O–H groups in total. The summed E-state index contributed by atoms with van der Waals surface area (Å²) < 4.78 is 12.0. The van der Waals surface area contributed by atoms with E-state index in [0.29, 0.717) is 18.8 Å². The van der Waals surface area contributed by atoms with Gasteiger partial charge >= 0.3 is 0 Å². The Labute approximate surface area is 184 Å². The third-order valence-corrected chi connectivity index (χ3v) is 5.96. The quantitative estimate of drug-likeness (QED) is 0.304. The van der Waals surface area contributed by atoms with Gasteiger partial charge in [0, 0.05) is 60.1 Å². The lowest BCUT2D eigenvalue weighted by Gasteiger charge is -2.36. The fraction of sp³-hybridized carbons (Fsp3) is 0.889. The number of nitrogens with zero attached hydrogens (tertiary/aromatic N) is 3. The van der Waals surface area contributed by atoms with Crippen LogP contribution in [0.4, 0.5) is 0 Å². The number of rotatable bonds is 7. The fourth-order valence-corrected chi connectivity index (χ4v) is 3.52. The van der Waals surface area contributed by atoms with Gasteiger partial charge in [-0.25, -0.2) is 0 Å². The summed E-state index contributed by atoms with van der Waals surface area (Å²) in [6.45, 7) is 17.1. The number of carbonyl (C=O) groups is 1. The van der Waals surface area contributed by atoms with Gasteiger partial charge in [-0.15, -0.1) is 24.0 Å². The van der Waals surface area contributed by atoms with Crippen molar-refractivity contribution in [3.05, 3.63) is 0 Å². The third-order valence-electron chi connectivity index (χ3n) is 4.04. The zero-order valence-corrected chi connectivity index (χ0v) is 20.9. The Bertz CT molecular complexity index is 500. The number of piperazine rings is 1. The van der Waals surface area contributed by atoms with E-state index in [4.69, 9.17) is 0 Å². The molecular weight excluding hydrogens is 477 g/mol. The first-order chi connectivity index (χ1) is 12.1. The zero-order valence-electron chi connectivity index (χ0n) is 17.7. The van der Waals surface area contributed by atoms with E-state index in [-0.39, 0.29) is 40.7 Å². The van der Waals surface area contributed by atoms with Crippen LogP contribution in [0.25, 0.3) is 0 Å². The molecule has 1 saturated heterocycles. The lowest BCUT2D eigenvalue weighted by molar-refractivity contribution is -0.123. The summed E-state index contributed by atoms with van der Waals surface area (Å²) in [5, 5.41) is 6.26. The Morgan fingerprint density at radius 1 is 1.19 bits per heavy atom. The van der Waals surface area contributed by atoms with E-state index < -0.39 is 10.8 Å². The smallest absolute Gasteiger partial charge is 0.234 e. The molecule has 0 aromatic heterocycles. The number of halogens is 1. The molecule has 1 aliphatic rings. The van der Waals surface area contributed by atoms with Crippen LogP contribution in [0.5, 0.6) is 0 Å². The van der Waals surface area contributed by atoms with E-state index >= 15 is 0 Å². The molecule has 0 aromatic carbocycles. The van der Waals surface area contributed by atoms with Crippen molar-refractivity contribution in [1.82, 2.24) is 20.4 Å². The van der Waals surface area contributed by atoms with Crippen LogP contribution in [0.15, 0.2) is 4.99 Å². The second-order valence-corrected chi connectivity index (χ2v) is 10.2. The van der Waals surface area contributed by atoms with Gasteiger partial charge in [0.1, 0.15) is 0 Å². The van der Waals surface area contributed by atoms with E-state index in [1.165, 1.54) is 0 Å². The first-order valence-corrected chi connectivity index (χ1v) is 10.9. The topological polar surface area (TPSA) is 77.0 Å². The van der Waals surface area contributed by atoms with Gasteiger partial charge < -0.3 is 15.5 Å². The number of guanidine groups is 1. The molecule has 1 fully saturated rings. The maximum atomic E-state index is 12.2. The van der Waals surface area contributed by atoms with Crippen LogP contribution < -0.4 is 10.6 Å². The van der Waals surface area contributed by atoms with Crippen molar-refractivity contribution < 1.29 is 9.00 Å². The predicted molar refractivity (Wildman–Crippen MR) is 125 cm³/mol. The molecular formula is C18H38IN5O2S. The number of hydrogen-bond acceptors (Lipinski definition) is 4. The molecule has 1 atom stereocenters. The number of hydrogen-bond donors (Lipinski definition) is 2. The van der Waals surface area contributed by atoms with Crippen molar-refractivity contribution in [3.63, 3.8) is 0 Å². The van der Waals surface area contributed by atoms with Gasteiger partial charge in [-0.3, -0.25) is 18.9 Å². The van der Waals surface area contributed by atoms with Crippen LogP contribution in [0.1, 0.15) is 41.5 Å². The Balaban J connectivity index is 0.00000676. The lowest BCUT2D eigenvalue weighted by atomic mass is 10.3. The van der Waals surface area contributed by atoms with Gasteiger partial charge in [0.25, 0.3) is 0 Å². The van der Waals surface area contributed by atoms with E-state index in [0.717, 1.165) is 38.7 Å². The van der Waals surface area contributed by atoms with Crippen molar-refractivity contribution in [2.45, 2.75) is 52.3 Å². The summed E-state index contributed by atoms with van der Waals surface area (Å²) in [7, 11) is -0.886. The number of aliphatic imine (C=N–C) groups is 1. The van der Waals surface area contributed by atoms with E-state index in [1.807, 2.05) is 34.6 Å². The molecule has 0 aromatic rings. The average molecular weight is 516 g/mol. The Kier molecular flexibility index (Phi) is 12.7. The molecule has 1 heterocycles. The van der Waals surface area contributed by atoms with E-state index in [9.17, 15) is 9.00 Å². The minimum atomic E-state index is -0.886. The fourth-order valence-electron chi connectivity index (χ4n) is 2.65. The zero-order chi connectivity index (χ0) is 19.7. The highest BCUT2D eigenvalue weighted by Gasteiger charge is 2.22. The van der Waals surface area contributed by atoms with Crippen LogP contribution >= 0.6 is 24.0 Å². The van der Waals surface area contributed by atoms with Crippen molar-refractivity contribution in [2.75, 3.05) is 51.6 Å². The molecule has 1 unspecified atom stereocenters. The Morgan fingerprint density at radius 3 is 2.26 bits per heavy atom. The molecule has 160 valence electrons. The van der Waals surface area contributed by atoms with Crippen LogP contribution in [-0.2, 0) is 15.6 Å². The first kappa shape index (κ1) is 26.6. The molecule has 1 aliphatic heterocycles. The molecule has 0 spiro atoms. The summed E-state index contributed by atoms with van der Waals surface area (Å²) >= 11 is 0. The van der Waals surface area contributed by atoms with Gasteiger partial charge in [-0.05, 0) is 41.5 Å². The van der Waals surface area contributed by atoms with Gasteiger partial charge in [-0.2, -0.15) is 0 Å². The molecule has 27 heavy (non-hydrogen) atoms. The number of amides is 1. The third kappa shape index (κ3) is 10.6. The minimum absolute atomic E-state index is 0. The molecule has 9 heteroatoms. The average Bonchev–Trinajstić information content (AvgIpc) is 2.53. The highest BCUT2D eigenvalue weighted by molar-refractivity contribution is 14.0. The van der Waals surface area contributed by atoms with Gasteiger partial charge in [0.05, 0.1) is 13.1 Å². The van der Waals surface area contributed by atoms with E-state index in [2.05, 4.69) is 32.3 Å². The summed E-state index contributed by atoms with van der Waals surface area (Å²) in [5.41, 5.74) is 0. The van der Waals surface area contributed by atoms with Crippen LogP contribution in [0, 0.1) is 0 Å². The summed E-state index contributed by atoms with van der Waals surface area (Å²) in [6.07, 6.45) is 0. The Morgan fingerprint density at radius 2 is 1.78 bits per heavy atom. The molecule has 1 amide bonds. The maximum Gasteiger partial charge on any atom is 0.234 e. The summed E-state index contributed by atoms with van der Waals surface area (Å²) in [4.78, 5) is 20.9. The second-order valence-electron chi connectivity index (χ2n) is 7.88. The minimum Gasteiger partial charge on any atom is -0.357 e. The lowest BCUT2D eigenvalue weighted by Crippen LogP contribution is -2.54. The molecule has 0 bridgehead atoms. The maximum absolute atomic E-state index is 12.2. The standard InChI is InChI=1S/C18H37N5O2S.HI/c1-7-19-17(20-8-13-26(25)18(4,5)6)23-11-9-22(10-12-23)14-16(24)21-15(2)3;/h15H,7-14H2,1-6H3,(H,19,20)(H,21,24);1H. The molecule has 1 rings (SSSR count).